The summed E-state index contributed by atoms with van der Waals surface area (Å²) >= 11 is 12.1. The quantitative estimate of drug-likeness (QED) is 0.834. The van der Waals surface area contributed by atoms with Crippen molar-refractivity contribution >= 4 is 23.2 Å². The SMILES string of the molecule is CNCCC(CN1CCCC1)Oc1ccc(Cl)cc1Cl. The molecule has 1 atom stereocenters. The van der Waals surface area contributed by atoms with Crippen LogP contribution in [-0.4, -0.2) is 44.2 Å². The van der Waals surface area contributed by atoms with Crippen LogP contribution in [0.3, 0.4) is 0 Å². The van der Waals surface area contributed by atoms with E-state index in [1.807, 2.05) is 19.2 Å². The summed E-state index contributed by atoms with van der Waals surface area (Å²) in [5.74, 6) is 0.719. The zero-order chi connectivity index (χ0) is 14.4. The number of rotatable bonds is 7. The first-order valence-electron chi connectivity index (χ1n) is 7.17. The maximum absolute atomic E-state index is 6.19. The highest BCUT2D eigenvalue weighted by molar-refractivity contribution is 6.35. The summed E-state index contributed by atoms with van der Waals surface area (Å²) in [6.07, 6.45) is 3.70. The summed E-state index contributed by atoms with van der Waals surface area (Å²) in [5, 5.41) is 4.39. The van der Waals surface area contributed by atoms with Crippen LogP contribution in [-0.2, 0) is 0 Å². The standard InChI is InChI=1S/C15H22Cl2N2O/c1-18-7-6-13(11-19-8-2-3-9-19)20-15-5-4-12(16)10-14(15)17/h4-5,10,13,18H,2-3,6-9,11H2,1H3. The van der Waals surface area contributed by atoms with Crippen LogP contribution in [0.5, 0.6) is 5.75 Å². The van der Waals surface area contributed by atoms with Gasteiger partial charge < -0.3 is 10.1 Å². The van der Waals surface area contributed by atoms with E-state index < -0.39 is 0 Å². The van der Waals surface area contributed by atoms with Crippen LogP contribution >= 0.6 is 23.2 Å². The van der Waals surface area contributed by atoms with Gasteiger partial charge in [0.25, 0.3) is 0 Å². The van der Waals surface area contributed by atoms with Crippen LogP contribution in [0.4, 0.5) is 0 Å². The largest absolute Gasteiger partial charge is 0.487 e. The van der Waals surface area contributed by atoms with Gasteiger partial charge in [0.2, 0.25) is 0 Å². The maximum Gasteiger partial charge on any atom is 0.138 e. The van der Waals surface area contributed by atoms with Crippen molar-refractivity contribution in [2.24, 2.45) is 0 Å². The Hall–Kier alpha value is -0.480. The van der Waals surface area contributed by atoms with Gasteiger partial charge in [-0.2, -0.15) is 0 Å². The molecule has 1 saturated heterocycles. The lowest BCUT2D eigenvalue weighted by atomic mass is 10.2. The Labute approximate surface area is 131 Å². The fourth-order valence-electron chi connectivity index (χ4n) is 2.50. The number of nitrogens with zero attached hydrogens (tertiary/aromatic N) is 1. The first kappa shape index (κ1) is 15.9. The van der Waals surface area contributed by atoms with Gasteiger partial charge >= 0.3 is 0 Å². The number of hydrogen-bond acceptors (Lipinski definition) is 3. The molecule has 0 aliphatic carbocycles. The Morgan fingerprint density at radius 2 is 2.05 bits per heavy atom. The third-order valence-electron chi connectivity index (χ3n) is 3.56. The molecule has 112 valence electrons. The molecule has 0 saturated carbocycles. The van der Waals surface area contributed by atoms with Crippen LogP contribution in [0.25, 0.3) is 0 Å². The molecule has 0 aromatic heterocycles. The maximum atomic E-state index is 6.19. The van der Waals surface area contributed by atoms with Crippen LogP contribution in [0, 0.1) is 0 Å². The molecular weight excluding hydrogens is 295 g/mol. The van der Waals surface area contributed by atoms with Crippen LogP contribution < -0.4 is 10.1 Å². The molecule has 0 bridgehead atoms. The van der Waals surface area contributed by atoms with Crippen molar-refractivity contribution in [3.63, 3.8) is 0 Å². The summed E-state index contributed by atoms with van der Waals surface area (Å²) in [6.45, 7) is 4.24. The van der Waals surface area contributed by atoms with Crippen molar-refractivity contribution in [3.05, 3.63) is 28.2 Å². The fourth-order valence-corrected chi connectivity index (χ4v) is 2.95. The summed E-state index contributed by atoms with van der Waals surface area (Å²) in [6, 6.07) is 5.39. The van der Waals surface area contributed by atoms with Crippen molar-refractivity contribution in [1.82, 2.24) is 10.2 Å². The van der Waals surface area contributed by atoms with Gasteiger partial charge in [-0.3, -0.25) is 4.90 Å². The minimum Gasteiger partial charge on any atom is -0.487 e. The lowest BCUT2D eigenvalue weighted by Gasteiger charge is -2.25. The summed E-state index contributed by atoms with van der Waals surface area (Å²) in [7, 11) is 1.96. The molecule has 1 aliphatic rings. The molecule has 1 N–H and O–H groups in total. The van der Waals surface area contributed by atoms with Gasteiger partial charge in [-0.25, -0.2) is 0 Å². The highest BCUT2D eigenvalue weighted by Crippen LogP contribution is 2.29. The van der Waals surface area contributed by atoms with Gasteiger partial charge in [0, 0.05) is 11.6 Å². The number of benzene rings is 1. The Morgan fingerprint density at radius 3 is 2.70 bits per heavy atom. The number of hydrogen-bond donors (Lipinski definition) is 1. The molecule has 1 fully saturated rings. The van der Waals surface area contributed by atoms with E-state index in [1.165, 1.54) is 25.9 Å². The monoisotopic (exact) mass is 316 g/mol. The third kappa shape index (κ3) is 4.81. The number of nitrogens with one attached hydrogen (secondary N) is 1. The van der Waals surface area contributed by atoms with E-state index in [2.05, 4.69) is 10.2 Å². The third-order valence-corrected chi connectivity index (χ3v) is 4.09. The number of likely N-dealkylation sites (tertiary alicyclic amines) is 1. The first-order valence-corrected chi connectivity index (χ1v) is 7.93. The van der Waals surface area contributed by atoms with Gasteiger partial charge in [-0.1, -0.05) is 23.2 Å². The molecule has 2 rings (SSSR count). The van der Waals surface area contributed by atoms with E-state index >= 15 is 0 Å². The summed E-state index contributed by atoms with van der Waals surface area (Å²) < 4.78 is 6.09. The molecule has 1 aromatic rings. The molecule has 20 heavy (non-hydrogen) atoms. The Balaban J connectivity index is 1.97. The Bertz CT molecular complexity index is 422. The molecular formula is C15H22Cl2N2O. The molecule has 0 spiro atoms. The van der Waals surface area contributed by atoms with Gasteiger partial charge in [0.15, 0.2) is 0 Å². The minimum atomic E-state index is 0.152. The van der Waals surface area contributed by atoms with Crippen LogP contribution in [0.2, 0.25) is 10.0 Å². The average Bonchev–Trinajstić information content (AvgIpc) is 2.92. The van der Waals surface area contributed by atoms with Gasteiger partial charge in [-0.05, 0) is 64.1 Å². The van der Waals surface area contributed by atoms with Crippen molar-refractivity contribution in [1.29, 1.82) is 0 Å². The molecule has 1 unspecified atom stereocenters. The second-order valence-corrected chi connectivity index (χ2v) is 6.06. The molecule has 5 heteroatoms. The van der Waals surface area contributed by atoms with Gasteiger partial charge in [0.05, 0.1) is 5.02 Å². The average molecular weight is 317 g/mol. The Morgan fingerprint density at radius 1 is 1.30 bits per heavy atom. The predicted octanol–water partition coefficient (Wildman–Crippen LogP) is 3.45. The van der Waals surface area contributed by atoms with Crippen LogP contribution in [0.15, 0.2) is 18.2 Å². The van der Waals surface area contributed by atoms with E-state index in [-0.39, 0.29) is 6.10 Å². The lowest BCUT2D eigenvalue weighted by Crippen LogP contribution is -2.35. The van der Waals surface area contributed by atoms with E-state index in [0.29, 0.717) is 10.0 Å². The lowest BCUT2D eigenvalue weighted by molar-refractivity contribution is 0.139. The molecule has 0 radical (unpaired) electrons. The van der Waals surface area contributed by atoms with E-state index in [0.717, 1.165) is 25.3 Å². The smallest absolute Gasteiger partial charge is 0.138 e. The molecule has 0 amide bonds. The van der Waals surface area contributed by atoms with E-state index in [1.54, 1.807) is 6.07 Å². The molecule has 3 nitrogen and oxygen atoms in total. The van der Waals surface area contributed by atoms with Crippen LogP contribution in [0.1, 0.15) is 19.3 Å². The number of ether oxygens (including phenoxy) is 1. The molecule has 1 heterocycles. The van der Waals surface area contributed by atoms with Gasteiger partial charge in [0.1, 0.15) is 11.9 Å². The number of halogens is 2. The second kappa shape index (κ2) is 8.08. The fraction of sp³-hybridized carbons (Fsp3) is 0.600. The zero-order valence-electron chi connectivity index (χ0n) is 11.9. The van der Waals surface area contributed by atoms with Crippen molar-refractivity contribution in [3.8, 4) is 5.75 Å². The van der Waals surface area contributed by atoms with Crippen molar-refractivity contribution in [2.45, 2.75) is 25.4 Å². The topological polar surface area (TPSA) is 24.5 Å². The highest BCUT2D eigenvalue weighted by Gasteiger charge is 2.19. The molecule has 1 aliphatic heterocycles. The van der Waals surface area contributed by atoms with Gasteiger partial charge in [-0.15, -0.1) is 0 Å². The predicted molar refractivity (Wildman–Crippen MR) is 85.1 cm³/mol. The highest BCUT2D eigenvalue weighted by atomic mass is 35.5. The normalized spacial score (nSPS) is 17.4. The summed E-state index contributed by atoms with van der Waals surface area (Å²) in [4.78, 5) is 2.46. The summed E-state index contributed by atoms with van der Waals surface area (Å²) in [5.41, 5.74) is 0. The van der Waals surface area contributed by atoms with E-state index in [9.17, 15) is 0 Å². The van der Waals surface area contributed by atoms with Crippen molar-refractivity contribution < 1.29 is 4.74 Å². The zero-order valence-corrected chi connectivity index (χ0v) is 13.4. The minimum absolute atomic E-state index is 0.152. The molecule has 1 aromatic carbocycles. The van der Waals surface area contributed by atoms with E-state index in [4.69, 9.17) is 27.9 Å². The first-order chi connectivity index (χ1) is 9.69. The van der Waals surface area contributed by atoms with Crippen molar-refractivity contribution in [2.75, 3.05) is 33.2 Å². The second-order valence-electron chi connectivity index (χ2n) is 5.21. The Kier molecular flexibility index (Phi) is 6.43.